The summed E-state index contributed by atoms with van der Waals surface area (Å²) in [5.74, 6) is -0.475. The summed E-state index contributed by atoms with van der Waals surface area (Å²) in [4.78, 5) is 23.3. The maximum absolute atomic E-state index is 12.2. The Kier molecular flexibility index (Phi) is 4.15. The largest absolute Gasteiger partial charge is 0.497 e. The average Bonchev–Trinajstić information content (AvgIpc) is 2.47. The van der Waals surface area contributed by atoms with Gasteiger partial charge in [-0.1, -0.05) is 18.2 Å². The molecule has 0 saturated heterocycles. The molecule has 0 radical (unpaired) electrons. The van der Waals surface area contributed by atoms with E-state index in [-0.39, 0.29) is 17.8 Å². The van der Waals surface area contributed by atoms with Crippen molar-refractivity contribution in [1.29, 1.82) is 0 Å². The number of carboxylic acids is 1. The molecular formula is C16H14O4. The van der Waals surface area contributed by atoms with E-state index in [1.165, 1.54) is 6.07 Å². The fraction of sp³-hybridized carbons (Fsp3) is 0.125. The van der Waals surface area contributed by atoms with Gasteiger partial charge < -0.3 is 9.84 Å². The lowest BCUT2D eigenvalue weighted by atomic mass is 9.99. The van der Waals surface area contributed by atoms with Crippen LogP contribution in [0.25, 0.3) is 0 Å². The van der Waals surface area contributed by atoms with E-state index in [1.54, 1.807) is 49.6 Å². The van der Waals surface area contributed by atoms with Crippen LogP contribution >= 0.6 is 0 Å². The molecule has 0 aliphatic heterocycles. The van der Waals surface area contributed by atoms with Crippen LogP contribution in [0, 0.1) is 0 Å². The molecule has 4 nitrogen and oxygen atoms in total. The molecule has 2 aromatic rings. The van der Waals surface area contributed by atoms with Crippen LogP contribution in [0.15, 0.2) is 48.5 Å². The topological polar surface area (TPSA) is 63.6 Å². The van der Waals surface area contributed by atoms with Crippen LogP contribution in [0.4, 0.5) is 0 Å². The second kappa shape index (κ2) is 6.02. The van der Waals surface area contributed by atoms with E-state index < -0.39 is 5.97 Å². The summed E-state index contributed by atoms with van der Waals surface area (Å²) in [6, 6.07) is 13.3. The van der Waals surface area contributed by atoms with Crippen LogP contribution in [-0.2, 0) is 6.42 Å². The average molecular weight is 270 g/mol. The second-order valence-corrected chi connectivity index (χ2v) is 4.29. The Labute approximate surface area is 116 Å². The number of aromatic carboxylic acids is 1. The summed E-state index contributed by atoms with van der Waals surface area (Å²) in [5, 5.41) is 9.09. The van der Waals surface area contributed by atoms with E-state index >= 15 is 0 Å². The SMILES string of the molecule is COc1ccc(C(=O)Cc2ccccc2C(=O)O)cc1. The maximum atomic E-state index is 12.2. The molecule has 0 unspecified atom stereocenters. The van der Waals surface area contributed by atoms with Gasteiger partial charge in [0.15, 0.2) is 5.78 Å². The third kappa shape index (κ3) is 3.03. The summed E-state index contributed by atoms with van der Waals surface area (Å²) in [6.45, 7) is 0. The fourth-order valence-corrected chi connectivity index (χ4v) is 1.94. The summed E-state index contributed by atoms with van der Waals surface area (Å²) in [5.41, 5.74) is 1.21. The number of ketones is 1. The molecular weight excluding hydrogens is 256 g/mol. The molecule has 2 aromatic carbocycles. The Balaban J connectivity index is 2.21. The Morgan fingerprint density at radius 2 is 1.70 bits per heavy atom. The number of Topliss-reactive ketones (excluding diaryl/α,β-unsaturated/α-hetero) is 1. The molecule has 4 heteroatoms. The molecule has 0 aliphatic rings. The lowest BCUT2D eigenvalue weighted by molar-refractivity contribution is 0.0696. The third-order valence-corrected chi connectivity index (χ3v) is 3.01. The van der Waals surface area contributed by atoms with Gasteiger partial charge in [-0.25, -0.2) is 4.79 Å². The highest BCUT2D eigenvalue weighted by Crippen LogP contribution is 2.15. The molecule has 0 heterocycles. The van der Waals surface area contributed by atoms with Gasteiger partial charge in [-0.05, 0) is 35.9 Å². The zero-order chi connectivity index (χ0) is 14.5. The molecule has 0 amide bonds. The zero-order valence-corrected chi connectivity index (χ0v) is 11.0. The minimum absolute atomic E-state index is 0.0643. The summed E-state index contributed by atoms with van der Waals surface area (Å²) >= 11 is 0. The van der Waals surface area contributed by atoms with Crippen LogP contribution in [0.3, 0.4) is 0 Å². The van der Waals surface area contributed by atoms with Crippen molar-refractivity contribution in [2.45, 2.75) is 6.42 Å². The monoisotopic (exact) mass is 270 g/mol. The van der Waals surface area contributed by atoms with Gasteiger partial charge in [-0.2, -0.15) is 0 Å². The molecule has 0 aliphatic carbocycles. The van der Waals surface area contributed by atoms with Crippen LogP contribution in [0.1, 0.15) is 26.3 Å². The van der Waals surface area contributed by atoms with Gasteiger partial charge in [0.05, 0.1) is 12.7 Å². The van der Waals surface area contributed by atoms with E-state index in [4.69, 9.17) is 9.84 Å². The highest BCUT2D eigenvalue weighted by molar-refractivity contribution is 5.99. The number of carbonyl (C=O) groups excluding carboxylic acids is 1. The normalized spacial score (nSPS) is 10.1. The van der Waals surface area contributed by atoms with Gasteiger partial charge in [0.2, 0.25) is 0 Å². The molecule has 2 rings (SSSR count). The Bertz CT molecular complexity index is 629. The zero-order valence-electron chi connectivity index (χ0n) is 11.0. The number of rotatable bonds is 5. The minimum atomic E-state index is -1.02. The standard InChI is InChI=1S/C16H14O4/c1-20-13-8-6-11(7-9-13)15(17)10-12-4-2-3-5-14(12)16(18)19/h2-9H,10H2,1H3,(H,18,19). The Morgan fingerprint density at radius 3 is 2.30 bits per heavy atom. The van der Waals surface area contributed by atoms with E-state index in [0.717, 1.165) is 0 Å². The molecule has 20 heavy (non-hydrogen) atoms. The first-order valence-electron chi connectivity index (χ1n) is 6.10. The predicted molar refractivity (Wildman–Crippen MR) is 74.4 cm³/mol. The number of methoxy groups -OCH3 is 1. The second-order valence-electron chi connectivity index (χ2n) is 4.29. The summed E-state index contributed by atoms with van der Waals surface area (Å²) < 4.78 is 5.03. The highest BCUT2D eigenvalue weighted by atomic mass is 16.5. The first kappa shape index (κ1) is 13.8. The highest BCUT2D eigenvalue weighted by Gasteiger charge is 2.13. The molecule has 0 bridgehead atoms. The van der Waals surface area contributed by atoms with E-state index in [0.29, 0.717) is 16.9 Å². The fourth-order valence-electron chi connectivity index (χ4n) is 1.94. The van der Waals surface area contributed by atoms with Gasteiger partial charge in [0.25, 0.3) is 0 Å². The smallest absolute Gasteiger partial charge is 0.335 e. The molecule has 0 fully saturated rings. The van der Waals surface area contributed by atoms with Crippen LogP contribution < -0.4 is 4.74 Å². The molecule has 102 valence electrons. The first-order valence-corrected chi connectivity index (χ1v) is 6.10. The number of carbonyl (C=O) groups is 2. The van der Waals surface area contributed by atoms with Gasteiger partial charge in [0, 0.05) is 12.0 Å². The lowest BCUT2D eigenvalue weighted by Crippen LogP contribution is -2.08. The number of hydrogen-bond donors (Lipinski definition) is 1. The molecule has 0 aromatic heterocycles. The number of ether oxygens (including phenoxy) is 1. The van der Waals surface area contributed by atoms with Crippen molar-refractivity contribution < 1.29 is 19.4 Å². The molecule has 0 atom stereocenters. The van der Waals surface area contributed by atoms with E-state index in [2.05, 4.69) is 0 Å². The number of carboxylic acid groups (broad SMARTS) is 1. The number of benzene rings is 2. The van der Waals surface area contributed by atoms with Gasteiger partial charge in [0.1, 0.15) is 5.75 Å². The Morgan fingerprint density at radius 1 is 1.05 bits per heavy atom. The van der Waals surface area contributed by atoms with Crippen molar-refractivity contribution in [3.8, 4) is 5.75 Å². The predicted octanol–water partition coefficient (Wildman–Crippen LogP) is 2.82. The van der Waals surface area contributed by atoms with Crippen molar-refractivity contribution in [2.75, 3.05) is 7.11 Å². The van der Waals surface area contributed by atoms with Gasteiger partial charge in [-0.15, -0.1) is 0 Å². The van der Waals surface area contributed by atoms with Crippen LogP contribution in [-0.4, -0.2) is 24.0 Å². The third-order valence-electron chi connectivity index (χ3n) is 3.01. The Hall–Kier alpha value is -2.62. The first-order chi connectivity index (χ1) is 9.61. The maximum Gasteiger partial charge on any atom is 0.335 e. The van der Waals surface area contributed by atoms with Crippen molar-refractivity contribution in [1.82, 2.24) is 0 Å². The van der Waals surface area contributed by atoms with Crippen molar-refractivity contribution in [3.63, 3.8) is 0 Å². The molecule has 1 N–H and O–H groups in total. The van der Waals surface area contributed by atoms with Crippen molar-refractivity contribution >= 4 is 11.8 Å². The molecule has 0 spiro atoms. The quantitative estimate of drug-likeness (QED) is 0.848. The van der Waals surface area contributed by atoms with E-state index in [1.807, 2.05) is 0 Å². The van der Waals surface area contributed by atoms with Crippen LogP contribution in [0.5, 0.6) is 5.75 Å². The lowest BCUT2D eigenvalue weighted by Gasteiger charge is -2.06. The van der Waals surface area contributed by atoms with Crippen LogP contribution in [0.2, 0.25) is 0 Å². The van der Waals surface area contributed by atoms with Crippen molar-refractivity contribution in [2.24, 2.45) is 0 Å². The van der Waals surface area contributed by atoms with Crippen molar-refractivity contribution in [3.05, 3.63) is 65.2 Å². The minimum Gasteiger partial charge on any atom is -0.497 e. The van der Waals surface area contributed by atoms with Gasteiger partial charge >= 0.3 is 5.97 Å². The summed E-state index contributed by atoms with van der Waals surface area (Å²) in [6.07, 6.45) is 0.0643. The van der Waals surface area contributed by atoms with E-state index in [9.17, 15) is 9.59 Å². The summed E-state index contributed by atoms with van der Waals surface area (Å²) in [7, 11) is 1.56. The van der Waals surface area contributed by atoms with Gasteiger partial charge in [-0.3, -0.25) is 4.79 Å². The number of hydrogen-bond acceptors (Lipinski definition) is 3. The molecule has 0 saturated carbocycles.